The molecule has 0 aliphatic heterocycles. The van der Waals surface area contributed by atoms with Gasteiger partial charge in [-0.15, -0.1) is 11.3 Å². The molecule has 2 aromatic rings. The minimum atomic E-state index is -0.834. The molecule has 0 aliphatic carbocycles. The summed E-state index contributed by atoms with van der Waals surface area (Å²) in [6, 6.07) is 7.43. The van der Waals surface area contributed by atoms with E-state index in [0.29, 0.717) is 11.3 Å². The summed E-state index contributed by atoms with van der Waals surface area (Å²) in [4.78, 5) is 31.7. The van der Waals surface area contributed by atoms with Crippen LogP contribution in [-0.2, 0) is 15.3 Å². The zero-order valence-corrected chi connectivity index (χ0v) is 18.9. The summed E-state index contributed by atoms with van der Waals surface area (Å²) in [7, 11) is 0. The minimum absolute atomic E-state index is 0.0408. The van der Waals surface area contributed by atoms with Crippen LogP contribution in [0.2, 0.25) is 0 Å². The lowest BCUT2D eigenvalue weighted by atomic mass is 10.1. The van der Waals surface area contributed by atoms with Gasteiger partial charge in [0, 0.05) is 28.9 Å². The summed E-state index contributed by atoms with van der Waals surface area (Å²) in [5.74, 6) is -0.0340. The third-order valence-electron chi connectivity index (χ3n) is 4.19. The van der Waals surface area contributed by atoms with E-state index in [1.165, 1.54) is 0 Å². The molecule has 0 saturated heterocycles. The van der Waals surface area contributed by atoms with E-state index in [1.807, 2.05) is 52.1 Å². The molecule has 7 heteroatoms. The number of thioether (sulfide) groups is 1. The molecule has 5 nitrogen and oxygen atoms in total. The monoisotopic (exact) mass is 420 g/mol. The van der Waals surface area contributed by atoms with Gasteiger partial charge in [-0.1, -0.05) is 30.0 Å². The molecule has 0 bridgehead atoms. The predicted molar refractivity (Wildman–Crippen MR) is 115 cm³/mol. The molecule has 1 heterocycles. The van der Waals surface area contributed by atoms with Gasteiger partial charge in [0.15, 0.2) is 6.10 Å². The Hall–Kier alpha value is -1.86. The van der Waals surface area contributed by atoms with Crippen LogP contribution in [0.1, 0.15) is 56.2 Å². The summed E-state index contributed by atoms with van der Waals surface area (Å²) in [5.41, 5.74) is 2.35. The van der Waals surface area contributed by atoms with Gasteiger partial charge < -0.3 is 9.64 Å². The van der Waals surface area contributed by atoms with Gasteiger partial charge in [-0.2, -0.15) is 0 Å². The van der Waals surface area contributed by atoms with Crippen LogP contribution >= 0.6 is 23.1 Å². The molecule has 0 aliphatic rings. The van der Waals surface area contributed by atoms with Gasteiger partial charge in [0.1, 0.15) is 4.34 Å². The number of hydrogen-bond acceptors (Lipinski definition) is 6. The van der Waals surface area contributed by atoms with Crippen LogP contribution in [0.4, 0.5) is 0 Å². The standard InChI is InChI=1S/C21H28N2O3S2/c1-13(2)23(14(3)4)19(24)16(6)26-20(25)18-10-8-7-9-17(18)12-28-21-22-15(5)11-27-21/h7-11,13-14,16H,12H2,1-6H3/t16-/m0/s1. The number of thiazole rings is 1. The van der Waals surface area contributed by atoms with E-state index in [4.69, 9.17) is 4.74 Å². The number of aromatic nitrogens is 1. The number of nitrogens with zero attached hydrogens (tertiary/aromatic N) is 2. The highest BCUT2D eigenvalue weighted by Gasteiger charge is 2.28. The van der Waals surface area contributed by atoms with Crippen LogP contribution in [0.5, 0.6) is 0 Å². The number of carbonyl (C=O) groups excluding carboxylic acids is 2. The average molecular weight is 421 g/mol. The topological polar surface area (TPSA) is 59.5 Å². The molecule has 1 atom stereocenters. The van der Waals surface area contributed by atoms with Crippen molar-refractivity contribution in [3.63, 3.8) is 0 Å². The second kappa shape index (κ2) is 10.1. The number of ether oxygens (including phenoxy) is 1. The minimum Gasteiger partial charge on any atom is -0.449 e. The zero-order chi connectivity index (χ0) is 20.8. The number of amides is 1. The maximum absolute atomic E-state index is 12.7. The molecule has 1 aromatic carbocycles. The van der Waals surface area contributed by atoms with Crippen LogP contribution in [0.3, 0.4) is 0 Å². The fourth-order valence-electron chi connectivity index (χ4n) is 2.97. The van der Waals surface area contributed by atoms with Crippen LogP contribution in [0, 0.1) is 6.92 Å². The first-order valence-electron chi connectivity index (χ1n) is 9.36. The maximum atomic E-state index is 12.7. The Bertz CT molecular complexity index is 809. The molecular formula is C21H28N2O3S2. The van der Waals surface area contributed by atoms with Crippen molar-refractivity contribution in [1.82, 2.24) is 9.88 Å². The van der Waals surface area contributed by atoms with Gasteiger partial charge in [-0.05, 0) is 53.2 Å². The van der Waals surface area contributed by atoms with Crippen molar-refractivity contribution in [2.75, 3.05) is 0 Å². The lowest BCUT2D eigenvalue weighted by molar-refractivity contribution is -0.143. The van der Waals surface area contributed by atoms with Gasteiger partial charge in [0.2, 0.25) is 0 Å². The third-order valence-corrected chi connectivity index (χ3v) is 6.37. The van der Waals surface area contributed by atoms with Gasteiger partial charge >= 0.3 is 5.97 Å². The average Bonchev–Trinajstić information content (AvgIpc) is 3.04. The van der Waals surface area contributed by atoms with Crippen molar-refractivity contribution in [1.29, 1.82) is 0 Å². The summed E-state index contributed by atoms with van der Waals surface area (Å²) in [6.45, 7) is 11.4. The normalized spacial score (nSPS) is 12.3. The Morgan fingerprint density at radius 3 is 2.36 bits per heavy atom. The lowest BCUT2D eigenvalue weighted by Crippen LogP contribution is -2.47. The van der Waals surface area contributed by atoms with Crippen molar-refractivity contribution < 1.29 is 14.3 Å². The molecule has 1 aromatic heterocycles. The first-order chi connectivity index (χ1) is 13.2. The Balaban J connectivity index is 2.08. The van der Waals surface area contributed by atoms with Crippen LogP contribution in [0.25, 0.3) is 0 Å². The lowest BCUT2D eigenvalue weighted by Gasteiger charge is -2.32. The molecule has 0 N–H and O–H groups in total. The summed E-state index contributed by atoms with van der Waals surface area (Å²) < 4.78 is 6.49. The summed E-state index contributed by atoms with van der Waals surface area (Å²) in [6.07, 6.45) is -0.834. The number of hydrogen-bond donors (Lipinski definition) is 0. The number of benzene rings is 1. The zero-order valence-electron chi connectivity index (χ0n) is 17.3. The smallest absolute Gasteiger partial charge is 0.339 e. The van der Waals surface area contributed by atoms with E-state index >= 15 is 0 Å². The van der Waals surface area contributed by atoms with Crippen molar-refractivity contribution in [3.05, 3.63) is 46.5 Å². The number of aryl methyl sites for hydroxylation is 1. The summed E-state index contributed by atoms with van der Waals surface area (Å²) >= 11 is 3.18. The highest BCUT2D eigenvalue weighted by molar-refractivity contribution is 8.00. The van der Waals surface area contributed by atoms with Crippen molar-refractivity contribution in [2.24, 2.45) is 0 Å². The fraction of sp³-hybridized carbons (Fsp3) is 0.476. The molecule has 0 spiro atoms. The Morgan fingerprint density at radius 1 is 1.14 bits per heavy atom. The molecule has 0 fully saturated rings. The summed E-state index contributed by atoms with van der Waals surface area (Å²) in [5, 5.41) is 2.00. The third kappa shape index (κ3) is 5.82. The highest BCUT2D eigenvalue weighted by atomic mass is 32.2. The fourth-order valence-corrected chi connectivity index (χ4v) is 4.83. The van der Waals surface area contributed by atoms with E-state index in [-0.39, 0.29) is 18.0 Å². The molecule has 0 radical (unpaired) electrons. The van der Waals surface area contributed by atoms with E-state index in [0.717, 1.165) is 15.6 Å². The first-order valence-corrected chi connectivity index (χ1v) is 11.2. The van der Waals surface area contributed by atoms with Crippen LogP contribution < -0.4 is 0 Å². The second-order valence-corrected chi connectivity index (χ2v) is 9.26. The number of rotatable bonds is 8. The second-order valence-electron chi connectivity index (χ2n) is 7.18. The number of esters is 1. The van der Waals surface area contributed by atoms with Crippen molar-refractivity contribution >= 4 is 35.0 Å². The number of carbonyl (C=O) groups is 2. The molecule has 2 rings (SSSR count). The van der Waals surface area contributed by atoms with Crippen LogP contribution in [0.15, 0.2) is 34.0 Å². The maximum Gasteiger partial charge on any atom is 0.339 e. The quantitative estimate of drug-likeness (QED) is 0.447. The van der Waals surface area contributed by atoms with E-state index < -0.39 is 12.1 Å². The Labute approximate surface area is 175 Å². The molecule has 152 valence electrons. The van der Waals surface area contributed by atoms with Gasteiger partial charge in [0.05, 0.1) is 5.56 Å². The predicted octanol–water partition coefficient (Wildman–Crippen LogP) is 4.93. The molecule has 28 heavy (non-hydrogen) atoms. The van der Waals surface area contributed by atoms with E-state index in [2.05, 4.69) is 4.98 Å². The molecule has 1 amide bonds. The largest absolute Gasteiger partial charge is 0.449 e. The van der Waals surface area contributed by atoms with Crippen molar-refractivity contribution in [2.45, 2.75) is 69.8 Å². The van der Waals surface area contributed by atoms with E-state index in [1.54, 1.807) is 47.1 Å². The van der Waals surface area contributed by atoms with Gasteiger partial charge in [0.25, 0.3) is 5.91 Å². The molecule has 0 unspecified atom stereocenters. The van der Waals surface area contributed by atoms with Crippen LogP contribution in [-0.4, -0.2) is 39.9 Å². The molecule has 0 saturated carbocycles. The Kier molecular flexibility index (Phi) is 8.07. The SMILES string of the molecule is Cc1csc(SCc2ccccc2C(=O)O[C@@H](C)C(=O)N(C(C)C)C(C)C)n1. The van der Waals surface area contributed by atoms with Gasteiger partial charge in [-0.25, -0.2) is 9.78 Å². The van der Waals surface area contributed by atoms with Crippen molar-refractivity contribution in [3.8, 4) is 0 Å². The van der Waals surface area contributed by atoms with E-state index in [9.17, 15) is 9.59 Å². The Morgan fingerprint density at radius 2 is 1.79 bits per heavy atom. The first kappa shape index (κ1) is 22.4. The highest BCUT2D eigenvalue weighted by Crippen LogP contribution is 2.27. The van der Waals surface area contributed by atoms with Gasteiger partial charge in [-0.3, -0.25) is 4.79 Å². The molecular weight excluding hydrogens is 392 g/mol.